The molecule has 1 atom stereocenters. The van der Waals surface area contributed by atoms with Crippen LogP contribution >= 0.6 is 0 Å². The van der Waals surface area contributed by atoms with Gasteiger partial charge in [0.2, 0.25) is 5.91 Å². The maximum Gasteiger partial charge on any atom is 0.401 e. The van der Waals surface area contributed by atoms with E-state index in [-0.39, 0.29) is 18.4 Å². The third-order valence-corrected chi connectivity index (χ3v) is 2.36. The van der Waals surface area contributed by atoms with E-state index < -0.39 is 12.7 Å². The van der Waals surface area contributed by atoms with E-state index in [4.69, 9.17) is 5.84 Å². The first-order valence-electron chi connectivity index (χ1n) is 5.10. The van der Waals surface area contributed by atoms with E-state index >= 15 is 0 Å². The van der Waals surface area contributed by atoms with E-state index in [1.54, 1.807) is 13.8 Å². The number of carbonyl (C=O) groups excluding carboxylic acids is 1. The summed E-state index contributed by atoms with van der Waals surface area (Å²) in [6.45, 7) is 2.67. The lowest BCUT2D eigenvalue weighted by molar-refractivity contribution is -0.150. The SMILES string of the molecule is CCN(CC(F)(F)F)C(C)CCC(=O)NN. The molecule has 3 N–H and O–H groups in total. The van der Waals surface area contributed by atoms with Crippen LogP contribution in [0.25, 0.3) is 0 Å². The Bertz CT molecular complexity index is 221. The molecule has 0 aromatic heterocycles. The summed E-state index contributed by atoms with van der Waals surface area (Å²) in [5.74, 6) is 4.51. The molecule has 4 nitrogen and oxygen atoms in total. The molecule has 0 aliphatic rings. The minimum absolute atomic E-state index is 0.131. The van der Waals surface area contributed by atoms with Crippen molar-refractivity contribution in [2.24, 2.45) is 5.84 Å². The van der Waals surface area contributed by atoms with Crippen LogP contribution in [0.4, 0.5) is 13.2 Å². The van der Waals surface area contributed by atoms with Gasteiger partial charge in [-0.2, -0.15) is 13.2 Å². The number of nitrogens with zero attached hydrogens (tertiary/aromatic N) is 1. The third kappa shape index (κ3) is 6.62. The van der Waals surface area contributed by atoms with Crippen molar-refractivity contribution in [1.29, 1.82) is 0 Å². The largest absolute Gasteiger partial charge is 0.401 e. The highest BCUT2D eigenvalue weighted by Crippen LogP contribution is 2.19. The van der Waals surface area contributed by atoms with Gasteiger partial charge in [0.05, 0.1) is 6.54 Å². The Morgan fingerprint density at radius 1 is 1.50 bits per heavy atom. The molecule has 0 radical (unpaired) electrons. The van der Waals surface area contributed by atoms with Crippen LogP contribution in [0.1, 0.15) is 26.7 Å². The number of rotatable bonds is 6. The zero-order valence-corrected chi connectivity index (χ0v) is 9.47. The van der Waals surface area contributed by atoms with Crippen molar-refractivity contribution in [3.8, 4) is 0 Å². The first-order valence-corrected chi connectivity index (χ1v) is 5.10. The van der Waals surface area contributed by atoms with Crippen LogP contribution in [-0.2, 0) is 4.79 Å². The monoisotopic (exact) mass is 241 g/mol. The zero-order valence-electron chi connectivity index (χ0n) is 9.47. The normalized spacial score (nSPS) is 13.9. The molecule has 0 aliphatic carbocycles. The molecule has 0 saturated heterocycles. The Morgan fingerprint density at radius 2 is 2.06 bits per heavy atom. The number of nitrogens with two attached hydrogens (primary N) is 1. The smallest absolute Gasteiger partial charge is 0.294 e. The zero-order chi connectivity index (χ0) is 12.8. The van der Waals surface area contributed by atoms with E-state index in [9.17, 15) is 18.0 Å². The fourth-order valence-electron chi connectivity index (χ4n) is 1.40. The quantitative estimate of drug-likeness (QED) is 0.415. The van der Waals surface area contributed by atoms with Crippen molar-refractivity contribution in [1.82, 2.24) is 10.3 Å². The lowest BCUT2D eigenvalue weighted by Crippen LogP contribution is -2.41. The molecule has 0 rings (SSSR count). The highest BCUT2D eigenvalue weighted by atomic mass is 19.4. The third-order valence-electron chi connectivity index (χ3n) is 2.36. The van der Waals surface area contributed by atoms with Gasteiger partial charge in [0.1, 0.15) is 0 Å². The number of hydrazine groups is 1. The summed E-state index contributed by atoms with van der Waals surface area (Å²) in [6.07, 6.45) is -3.72. The van der Waals surface area contributed by atoms with E-state index in [1.165, 1.54) is 4.90 Å². The summed E-state index contributed by atoms with van der Waals surface area (Å²) in [5, 5.41) is 0. The van der Waals surface area contributed by atoms with Crippen molar-refractivity contribution < 1.29 is 18.0 Å². The summed E-state index contributed by atoms with van der Waals surface area (Å²) >= 11 is 0. The van der Waals surface area contributed by atoms with E-state index in [0.717, 1.165) is 0 Å². The second-order valence-electron chi connectivity index (χ2n) is 3.63. The second kappa shape index (κ2) is 6.70. The summed E-state index contributed by atoms with van der Waals surface area (Å²) in [4.78, 5) is 12.1. The van der Waals surface area contributed by atoms with Crippen LogP contribution in [0.15, 0.2) is 0 Å². The van der Waals surface area contributed by atoms with Crippen molar-refractivity contribution in [3.05, 3.63) is 0 Å². The maximum absolute atomic E-state index is 12.2. The van der Waals surface area contributed by atoms with Gasteiger partial charge in [0.25, 0.3) is 0 Å². The van der Waals surface area contributed by atoms with Gasteiger partial charge in [-0.3, -0.25) is 15.1 Å². The summed E-state index contributed by atoms with van der Waals surface area (Å²) < 4.78 is 36.5. The average molecular weight is 241 g/mol. The Hall–Kier alpha value is -0.820. The summed E-state index contributed by atoms with van der Waals surface area (Å²) in [7, 11) is 0. The molecule has 0 fully saturated rings. The number of carbonyl (C=O) groups is 1. The van der Waals surface area contributed by atoms with Gasteiger partial charge >= 0.3 is 6.18 Å². The maximum atomic E-state index is 12.2. The van der Waals surface area contributed by atoms with Crippen molar-refractivity contribution in [3.63, 3.8) is 0 Å². The van der Waals surface area contributed by atoms with Crippen LogP contribution in [0.5, 0.6) is 0 Å². The van der Waals surface area contributed by atoms with E-state index in [2.05, 4.69) is 0 Å². The molecule has 0 heterocycles. The van der Waals surface area contributed by atoms with Gasteiger partial charge < -0.3 is 0 Å². The summed E-state index contributed by atoms with van der Waals surface area (Å²) in [6, 6.07) is -0.302. The van der Waals surface area contributed by atoms with Crippen LogP contribution in [0.2, 0.25) is 0 Å². The van der Waals surface area contributed by atoms with Crippen molar-refractivity contribution in [2.75, 3.05) is 13.1 Å². The van der Waals surface area contributed by atoms with Gasteiger partial charge in [-0.05, 0) is 19.9 Å². The fourth-order valence-corrected chi connectivity index (χ4v) is 1.40. The first kappa shape index (κ1) is 15.2. The molecule has 1 amide bonds. The van der Waals surface area contributed by atoms with Crippen LogP contribution < -0.4 is 11.3 Å². The Kier molecular flexibility index (Phi) is 6.35. The first-order chi connectivity index (χ1) is 7.30. The Morgan fingerprint density at radius 3 is 2.44 bits per heavy atom. The van der Waals surface area contributed by atoms with E-state index in [1.807, 2.05) is 5.43 Å². The Balaban J connectivity index is 4.10. The topological polar surface area (TPSA) is 58.4 Å². The van der Waals surface area contributed by atoms with Gasteiger partial charge in [0, 0.05) is 12.5 Å². The molecule has 0 aliphatic heterocycles. The molecule has 1 unspecified atom stereocenters. The average Bonchev–Trinajstić information content (AvgIpc) is 2.20. The van der Waals surface area contributed by atoms with Crippen LogP contribution in [0, 0.1) is 0 Å². The predicted octanol–water partition coefficient (Wildman–Crippen LogP) is 1.03. The fraction of sp³-hybridized carbons (Fsp3) is 0.889. The van der Waals surface area contributed by atoms with Gasteiger partial charge in [-0.25, -0.2) is 5.84 Å². The lowest BCUT2D eigenvalue weighted by atomic mass is 10.1. The second-order valence-corrected chi connectivity index (χ2v) is 3.63. The van der Waals surface area contributed by atoms with Crippen molar-refractivity contribution in [2.45, 2.75) is 38.9 Å². The molecule has 7 heteroatoms. The molecule has 96 valence electrons. The molecule has 0 aromatic rings. The number of halogens is 3. The molecule has 0 bridgehead atoms. The lowest BCUT2D eigenvalue weighted by Gasteiger charge is -2.28. The Labute approximate surface area is 92.9 Å². The highest BCUT2D eigenvalue weighted by molar-refractivity contribution is 5.75. The minimum atomic E-state index is -4.21. The van der Waals surface area contributed by atoms with Crippen LogP contribution in [-0.4, -0.2) is 36.1 Å². The van der Waals surface area contributed by atoms with Crippen molar-refractivity contribution >= 4 is 5.91 Å². The molecule has 0 aromatic carbocycles. The predicted molar refractivity (Wildman–Crippen MR) is 54.3 cm³/mol. The molecule has 0 saturated carbocycles. The molecule has 16 heavy (non-hydrogen) atoms. The number of hydrogen-bond donors (Lipinski definition) is 2. The van der Waals surface area contributed by atoms with Gasteiger partial charge in [-0.15, -0.1) is 0 Å². The molecular weight excluding hydrogens is 223 g/mol. The number of nitrogens with one attached hydrogen (secondary N) is 1. The minimum Gasteiger partial charge on any atom is -0.294 e. The van der Waals surface area contributed by atoms with Gasteiger partial charge in [-0.1, -0.05) is 6.92 Å². The number of alkyl halides is 3. The molecule has 0 spiro atoms. The number of hydrogen-bond acceptors (Lipinski definition) is 3. The van der Waals surface area contributed by atoms with E-state index in [0.29, 0.717) is 13.0 Å². The van der Waals surface area contributed by atoms with Crippen LogP contribution in [0.3, 0.4) is 0 Å². The standard InChI is InChI=1S/C9H18F3N3O/c1-3-15(6-9(10,11)12)7(2)4-5-8(16)14-13/h7H,3-6,13H2,1-2H3,(H,14,16). The summed E-state index contributed by atoms with van der Waals surface area (Å²) in [5.41, 5.74) is 1.95. The highest BCUT2D eigenvalue weighted by Gasteiger charge is 2.31. The number of amides is 1. The van der Waals surface area contributed by atoms with Gasteiger partial charge in [0.15, 0.2) is 0 Å². The molecular formula is C9H18F3N3O.